The predicted octanol–water partition coefficient (Wildman–Crippen LogP) is 0.921. The van der Waals surface area contributed by atoms with Crippen molar-refractivity contribution < 1.29 is 5.11 Å². The molecule has 2 N–H and O–H groups in total. The number of aliphatic hydroxyl groups excluding tert-OH is 1. The first kappa shape index (κ1) is 9.66. The molecule has 0 aromatic carbocycles. The Balaban J connectivity index is 3.92. The first-order valence-electron chi connectivity index (χ1n) is 3.64. The minimum atomic E-state index is -0.303. The summed E-state index contributed by atoms with van der Waals surface area (Å²) in [6.07, 6.45) is 0.459. The molecule has 2 heteroatoms. The van der Waals surface area contributed by atoms with Crippen molar-refractivity contribution in [1.29, 1.82) is 0 Å². The Kier molecular flexibility index (Phi) is 4.32. The summed E-state index contributed by atoms with van der Waals surface area (Å²) in [5.41, 5.74) is 0.983. The second-order valence-electron chi connectivity index (χ2n) is 2.59. The topological polar surface area (TPSA) is 32.3 Å². The summed E-state index contributed by atoms with van der Waals surface area (Å²) < 4.78 is 0. The Hall–Kier alpha value is -0.340. The van der Waals surface area contributed by atoms with Crippen molar-refractivity contribution in [3.05, 3.63) is 12.2 Å². The van der Waals surface area contributed by atoms with Crippen LogP contribution in [0.3, 0.4) is 0 Å². The molecular weight excluding hydrogens is 126 g/mol. The van der Waals surface area contributed by atoms with Crippen LogP contribution in [0, 0.1) is 0 Å². The van der Waals surface area contributed by atoms with Crippen molar-refractivity contribution >= 4 is 0 Å². The smallest absolute Gasteiger partial charge is 0.0728 e. The largest absolute Gasteiger partial charge is 0.391 e. The van der Waals surface area contributed by atoms with Gasteiger partial charge in [-0.15, -0.1) is 0 Å². The van der Waals surface area contributed by atoms with Crippen molar-refractivity contribution in [2.45, 2.75) is 32.4 Å². The molecule has 2 atom stereocenters. The third-order valence-electron chi connectivity index (χ3n) is 1.64. The van der Waals surface area contributed by atoms with Crippen molar-refractivity contribution in [3.63, 3.8) is 0 Å². The van der Waals surface area contributed by atoms with Crippen molar-refractivity contribution in [1.82, 2.24) is 5.32 Å². The number of likely N-dealkylation sites (N-methyl/N-ethyl adjacent to an activating group) is 1. The van der Waals surface area contributed by atoms with E-state index in [4.69, 9.17) is 0 Å². The van der Waals surface area contributed by atoms with Gasteiger partial charge in [0.1, 0.15) is 0 Å². The van der Waals surface area contributed by atoms with Gasteiger partial charge in [0, 0.05) is 0 Å². The average Bonchev–Trinajstić information content (AvgIpc) is 1.88. The molecule has 0 amide bonds. The third-order valence-corrected chi connectivity index (χ3v) is 1.64. The molecule has 0 aliphatic rings. The molecule has 0 heterocycles. The minimum Gasteiger partial charge on any atom is -0.391 e. The summed E-state index contributed by atoms with van der Waals surface area (Å²) in [6, 6.07) is 0.0463. The fourth-order valence-electron chi connectivity index (χ4n) is 1.00. The summed E-state index contributed by atoms with van der Waals surface area (Å²) in [6.45, 7) is 7.65. The summed E-state index contributed by atoms with van der Waals surface area (Å²) in [5.74, 6) is 0. The lowest BCUT2D eigenvalue weighted by Crippen LogP contribution is -2.37. The molecule has 0 fully saturated rings. The van der Waals surface area contributed by atoms with Gasteiger partial charge >= 0.3 is 0 Å². The SMILES string of the molecule is C=C(C)C(NC)C(O)CC. The predicted molar refractivity (Wildman–Crippen MR) is 44.0 cm³/mol. The zero-order valence-corrected chi connectivity index (χ0v) is 7.02. The molecule has 0 aliphatic carbocycles. The zero-order chi connectivity index (χ0) is 8.15. The van der Waals surface area contributed by atoms with E-state index in [0.717, 1.165) is 12.0 Å². The highest BCUT2D eigenvalue weighted by molar-refractivity contribution is 5.04. The standard InChI is InChI=1S/C8H17NO/c1-5-7(10)8(9-4)6(2)3/h7-10H,2,5H2,1,3-4H3. The molecule has 10 heavy (non-hydrogen) atoms. The highest BCUT2D eigenvalue weighted by Crippen LogP contribution is 2.05. The van der Waals surface area contributed by atoms with Gasteiger partial charge in [-0.25, -0.2) is 0 Å². The van der Waals surface area contributed by atoms with Gasteiger partial charge in [-0.05, 0) is 20.4 Å². The van der Waals surface area contributed by atoms with Crippen molar-refractivity contribution in [2.75, 3.05) is 7.05 Å². The van der Waals surface area contributed by atoms with Gasteiger partial charge in [-0.1, -0.05) is 19.1 Å². The first-order chi connectivity index (χ1) is 4.63. The number of rotatable bonds is 4. The van der Waals surface area contributed by atoms with Crippen LogP contribution in [-0.4, -0.2) is 24.3 Å². The molecule has 2 unspecified atom stereocenters. The maximum absolute atomic E-state index is 9.36. The highest BCUT2D eigenvalue weighted by atomic mass is 16.3. The van der Waals surface area contributed by atoms with E-state index in [9.17, 15) is 5.11 Å². The summed E-state index contributed by atoms with van der Waals surface area (Å²) in [4.78, 5) is 0. The van der Waals surface area contributed by atoms with Crippen LogP contribution in [0.1, 0.15) is 20.3 Å². The van der Waals surface area contributed by atoms with Gasteiger partial charge in [0.15, 0.2) is 0 Å². The van der Waals surface area contributed by atoms with E-state index in [2.05, 4.69) is 11.9 Å². The quantitative estimate of drug-likeness (QED) is 0.574. The van der Waals surface area contributed by atoms with E-state index in [1.165, 1.54) is 0 Å². The van der Waals surface area contributed by atoms with Crippen LogP contribution in [0.4, 0.5) is 0 Å². The van der Waals surface area contributed by atoms with Crippen LogP contribution in [0.2, 0.25) is 0 Å². The lowest BCUT2D eigenvalue weighted by molar-refractivity contribution is 0.141. The molecule has 0 saturated carbocycles. The maximum atomic E-state index is 9.36. The molecule has 2 nitrogen and oxygen atoms in total. The highest BCUT2D eigenvalue weighted by Gasteiger charge is 2.14. The fourth-order valence-corrected chi connectivity index (χ4v) is 1.00. The number of hydrogen-bond donors (Lipinski definition) is 2. The molecule has 0 radical (unpaired) electrons. The number of aliphatic hydroxyl groups is 1. The van der Waals surface area contributed by atoms with Crippen LogP contribution in [0.5, 0.6) is 0 Å². The van der Waals surface area contributed by atoms with Crippen molar-refractivity contribution in [3.8, 4) is 0 Å². The molecule has 60 valence electrons. The van der Waals surface area contributed by atoms with Gasteiger partial charge in [-0.3, -0.25) is 0 Å². The zero-order valence-electron chi connectivity index (χ0n) is 7.02. The number of hydrogen-bond acceptors (Lipinski definition) is 2. The molecule has 0 bridgehead atoms. The van der Waals surface area contributed by atoms with E-state index in [1.807, 2.05) is 20.9 Å². The Morgan fingerprint density at radius 3 is 2.30 bits per heavy atom. The molecule has 0 spiro atoms. The van der Waals surface area contributed by atoms with Crippen LogP contribution in [0.15, 0.2) is 12.2 Å². The Bertz CT molecular complexity index is 112. The summed E-state index contributed by atoms with van der Waals surface area (Å²) in [7, 11) is 1.83. The van der Waals surface area contributed by atoms with Crippen molar-refractivity contribution in [2.24, 2.45) is 0 Å². The summed E-state index contributed by atoms with van der Waals surface area (Å²) >= 11 is 0. The minimum absolute atomic E-state index is 0.0463. The molecular formula is C8H17NO. The van der Waals surface area contributed by atoms with Gasteiger partial charge < -0.3 is 10.4 Å². The Labute approximate surface area is 62.9 Å². The van der Waals surface area contributed by atoms with E-state index in [0.29, 0.717) is 0 Å². The second kappa shape index (κ2) is 4.47. The first-order valence-corrected chi connectivity index (χ1v) is 3.64. The lowest BCUT2D eigenvalue weighted by atomic mass is 10.0. The third kappa shape index (κ3) is 2.50. The van der Waals surface area contributed by atoms with Crippen LogP contribution in [0.25, 0.3) is 0 Å². The molecule has 0 aliphatic heterocycles. The van der Waals surface area contributed by atoms with Gasteiger partial charge in [-0.2, -0.15) is 0 Å². The maximum Gasteiger partial charge on any atom is 0.0728 e. The number of nitrogens with one attached hydrogen (secondary N) is 1. The second-order valence-corrected chi connectivity index (χ2v) is 2.59. The molecule has 0 rings (SSSR count). The molecule has 0 saturated heterocycles. The van der Waals surface area contributed by atoms with Crippen LogP contribution < -0.4 is 5.32 Å². The van der Waals surface area contributed by atoms with E-state index < -0.39 is 0 Å². The summed E-state index contributed by atoms with van der Waals surface area (Å²) in [5, 5.41) is 12.4. The molecule has 0 aromatic heterocycles. The van der Waals surface area contributed by atoms with Crippen LogP contribution in [-0.2, 0) is 0 Å². The van der Waals surface area contributed by atoms with Gasteiger partial charge in [0.2, 0.25) is 0 Å². The Morgan fingerprint density at radius 2 is 2.20 bits per heavy atom. The monoisotopic (exact) mass is 143 g/mol. The lowest BCUT2D eigenvalue weighted by Gasteiger charge is -2.21. The van der Waals surface area contributed by atoms with E-state index in [-0.39, 0.29) is 12.1 Å². The van der Waals surface area contributed by atoms with E-state index >= 15 is 0 Å². The average molecular weight is 143 g/mol. The van der Waals surface area contributed by atoms with E-state index in [1.54, 1.807) is 0 Å². The fraction of sp³-hybridized carbons (Fsp3) is 0.750. The van der Waals surface area contributed by atoms with Gasteiger partial charge in [0.05, 0.1) is 12.1 Å². The normalized spacial score (nSPS) is 16.4. The van der Waals surface area contributed by atoms with Crippen LogP contribution >= 0.6 is 0 Å². The van der Waals surface area contributed by atoms with Gasteiger partial charge in [0.25, 0.3) is 0 Å². The Morgan fingerprint density at radius 1 is 1.70 bits per heavy atom. The molecule has 0 aromatic rings.